The van der Waals surface area contributed by atoms with Crippen LogP contribution in [0.4, 0.5) is 0 Å². The summed E-state index contributed by atoms with van der Waals surface area (Å²) >= 11 is 0. The van der Waals surface area contributed by atoms with Crippen LogP contribution in [0.15, 0.2) is 48.8 Å². The average molecular weight is 284 g/mol. The molecule has 0 aliphatic carbocycles. The molecule has 1 N–H and O–H groups in total. The fourth-order valence-corrected chi connectivity index (χ4v) is 2.49. The van der Waals surface area contributed by atoms with Crippen molar-refractivity contribution in [3.05, 3.63) is 59.9 Å². The molecule has 1 aromatic carbocycles. The molecule has 0 fully saturated rings. The number of methoxy groups -OCH3 is 1. The minimum absolute atomic E-state index is 0.295. The fourth-order valence-electron chi connectivity index (χ4n) is 2.49. The van der Waals surface area contributed by atoms with E-state index in [0.717, 1.165) is 31.6 Å². The van der Waals surface area contributed by atoms with E-state index in [-0.39, 0.29) is 0 Å². The van der Waals surface area contributed by atoms with Crippen molar-refractivity contribution >= 4 is 0 Å². The van der Waals surface area contributed by atoms with Gasteiger partial charge in [-0.2, -0.15) is 0 Å². The zero-order valence-corrected chi connectivity index (χ0v) is 12.9. The van der Waals surface area contributed by atoms with Crippen LogP contribution < -0.4 is 10.1 Å². The zero-order valence-electron chi connectivity index (χ0n) is 12.9. The number of rotatable bonds is 8. The lowest BCUT2D eigenvalue weighted by Gasteiger charge is -2.21. The lowest BCUT2D eigenvalue weighted by atomic mass is 9.99. The van der Waals surface area contributed by atoms with Gasteiger partial charge in [-0.05, 0) is 37.4 Å². The first-order valence-corrected chi connectivity index (χ1v) is 7.60. The summed E-state index contributed by atoms with van der Waals surface area (Å²) in [6.07, 6.45) is 6.84. The highest BCUT2D eigenvalue weighted by Crippen LogP contribution is 2.27. The second-order valence-electron chi connectivity index (χ2n) is 5.15. The van der Waals surface area contributed by atoms with Crippen molar-refractivity contribution < 1.29 is 4.74 Å². The van der Waals surface area contributed by atoms with Gasteiger partial charge in [-0.3, -0.25) is 4.98 Å². The normalized spacial score (nSPS) is 12.1. The van der Waals surface area contributed by atoms with Crippen LogP contribution in [-0.2, 0) is 6.42 Å². The molecule has 0 aliphatic heterocycles. The predicted molar refractivity (Wildman–Crippen MR) is 86.6 cm³/mol. The maximum absolute atomic E-state index is 5.46. The molecule has 1 heterocycles. The van der Waals surface area contributed by atoms with E-state index in [9.17, 15) is 0 Å². The molecule has 112 valence electrons. The average Bonchev–Trinajstić information content (AvgIpc) is 2.56. The third-order valence-corrected chi connectivity index (χ3v) is 3.62. The van der Waals surface area contributed by atoms with Crippen LogP contribution in [0.5, 0.6) is 5.75 Å². The van der Waals surface area contributed by atoms with Crippen LogP contribution in [0, 0.1) is 0 Å². The molecule has 0 saturated heterocycles. The van der Waals surface area contributed by atoms with E-state index in [0.29, 0.717) is 6.04 Å². The first-order valence-electron chi connectivity index (χ1n) is 7.60. The van der Waals surface area contributed by atoms with Gasteiger partial charge in [0.25, 0.3) is 0 Å². The standard InChI is InChI=1S/C18H24N2O/c1-3-12-20-17(10-9-15-7-5-4-6-8-15)16-11-13-19-14-18(16)21-2/h4-8,11,13-14,17,20H,3,9-10,12H2,1-2H3. The Morgan fingerprint density at radius 2 is 2.00 bits per heavy atom. The summed E-state index contributed by atoms with van der Waals surface area (Å²) in [5, 5.41) is 3.62. The third kappa shape index (κ3) is 4.57. The molecular formula is C18H24N2O. The van der Waals surface area contributed by atoms with E-state index < -0.39 is 0 Å². The fraction of sp³-hybridized carbons (Fsp3) is 0.389. The Kier molecular flexibility index (Phi) is 6.22. The Morgan fingerprint density at radius 3 is 2.71 bits per heavy atom. The molecule has 1 atom stereocenters. The van der Waals surface area contributed by atoms with Crippen molar-refractivity contribution in [2.45, 2.75) is 32.2 Å². The van der Waals surface area contributed by atoms with Crippen LogP contribution >= 0.6 is 0 Å². The Balaban J connectivity index is 2.10. The Bertz CT molecular complexity index is 528. The van der Waals surface area contributed by atoms with Gasteiger partial charge >= 0.3 is 0 Å². The number of ether oxygens (including phenoxy) is 1. The highest BCUT2D eigenvalue weighted by Gasteiger charge is 2.15. The summed E-state index contributed by atoms with van der Waals surface area (Å²) in [7, 11) is 1.70. The minimum Gasteiger partial charge on any atom is -0.495 e. The molecule has 2 rings (SSSR count). The van der Waals surface area contributed by atoms with Crippen LogP contribution in [-0.4, -0.2) is 18.6 Å². The number of hydrogen-bond donors (Lipinski definition) is 1. The second-order valence-corrected chi connectivity index (χ2v) is 5.15. The van der Waals surface area contributed by atoms with Crippen molar-refractivity contribution in [1.82, 2.24) is 10.3 Å². The SMILES string of the molecule is CCCNC(CCc1ccccc1)c1ccncc1OC. The van der Waals surface area contributed by atoms with Crippen molar-refractivity contribution in [2.75, 3.05) is 13.7 Å². The molecule has 1 unspecified atom stereocenters. The van der Waals surface area contributed by atoms with Gasteiger partial charge in [0.2, 0.25) is 0 Å². The summed E-state index contributed by atoms with van der Waals surface area (Å²) in [6, 6.07) is 13.0. The van der Waals surface area contributed by atoms with E-state index in [1.54, 1.807) is 13.3 Å². The number of aryl methyl sites for hydroxylation is 1. The molecule has 21 heavy (non-hydrogen) atoms. The van der Waals surface area contributed by atoms with Crippen LogP contribution in [0.25, 0.3) is 0 Å². The number of nitrogens with one attached hydrogen (secondary N) is 1. The quantitative estimate of drug-likeness (QED) is 0.801. The van der Waals surface area contributed by atoms with E-state index in [1.807, 2.05) is 6.20 Å². The lowest BCUT2D eigenvalue weighted by Crippen LogP contribution is -2.23. The van der Waals surface area contributed by atoms with E-state index in [2.05, 4.69) is 53.6 Å². The third-order valence-electron chi connectivity index (χ3n) is 3.62. The van der Waals surface area contributed by atoms with Gasteiger partial charge in [0.05, 0.1) is 13.3 Å². The largest absolute Gasteiger partial charge is 0.495 e. The zero-order chi connectivity index (χ0) is 14.9. The number of nitrogens with zero attached hydrogens (tertiary/aromatic N) is 1. The molecule has 0 aliphatic rings. The summed E-state index contributed by atoms with van der Waals surface area (Å²) in [4.78, 5) is 4.14. The first-order chi connectivity index (χ1) is 10.3. The van der Waals surface area contributed by atoms with Crippen molar-refractivity contribution in [2.24, 2.45) is 0 Å². The lowest BCUT2D eigenvalue weighted by molar-refractivity contribution is 0.393. The van der Waals surface area contributed by atoms with Gasteiger partial charge in [0, 0.05) is 17.8 Å². The number of aromatic nitrogens is 1. The van der Waals surface area contributed by atoms with Crippen LogP contribution in [0.3, 0.4) is 0 Å². The molecule has 3 nitrogen and oxygen atoms in total. The van der Waals surface area contributed by atoms with Gasteiger partial charge in [-0.1, -0.05) is 37.3 Å². The van der Waals surface area contributed by atoms with Gasteiger partial charge in [0.1, 0.15) is 5.75 Å². The van der Waals surface area contributed by atoms with E-state index in [1.165, 1.54) is 11.1 Å². The molecule has 1 aromatic heterocycles. The first kappa shape index (κ1) is 15.5. The van der Waals surface area contributed by atoms with Gasteiger partial charge < -0.3 is 10.1 Å². The van der Waals surface area contributed by atoms with E-state index >= 15 is 0 Å². The van der Waals surface area contributed by atoms with Crippen LogP contribution in [0.1, 0.15) is 36.9 Å². The summed E-state index contributed by atoms with van der Waals surface area (Å²) in [5.74, 6) is 0.860. The number of hydrogen-bond acceptors (Lipinski definition) is 3. The molecule has 0 bridgehead atoms. The van der Waals surface area contributed by atoms with Crippen molar-refractivity contribution in [3.63, 3.8) is 0 Å². The topological polar surface area (TPSA) is 34.2 Å². The smallest absolute Gasteiger partial charge is 0.141 e. The van der Waals surface area contributed by atoms with Crippen LogP contribution in [0.2, 0.25) is 0 Å². The van der Waals surface area contributed by atoms with Crippen molar-refractivity contribution in [3.8, 4) is 5.75 Å². The Labute approximate surface area is 127 Å². The predicted octanol–water partition coefficient (Wildman–Crippen LogP) is 3.76. The molecule has 3 heteroatoms. The maximum Gasteiger partial charge on any atom is 0.141 e. The maximum atomic E-state index is 5.46. The summed E-state index contributed by atoms with van der Waals surface area (Å²) in [6.45, 7) is 3.19. The molecule has 0 saturated carbocycles. The van der Waals surface area contributed by atoms with Gasteiger partial charge in [-0.15, -0.1) is 0 Å². The van der Waals surface area contributed by atoms with Gasteiger partial charge in [-0.25, -0.2) is 0 Å². The molecule has 0 radical (unpaired) electrons. The van der Waals surface area contributed by atoms with E-state index in [4.69, 9.17) is 4.74 Å². The molecule has 0 spiro atoms. The molecular weight excluding hydrogens is 260 g/mol. The summed E-state index contributed by atoms with van der Waals surface area (Å²) in [5.41, 5.74) is 2.56. The number of benzene rings is 1. The monoisotopic (exact) mass is 284 g/mol. The minimum atomic E-state index is 0.295. The Hall–Kier alpha value is -1.87. The highest BCUT2D eigenvalue weighted by atomic mass is 16.5. The van der Waals surface area contributed by atoms with Gasteiger partial charge in [0.15, 0.2) is 0 Å². The molecule has 2 aromatic rings. The Morgan fingerprint density at radius 1 is 1.19 bits per heavy atom. The summed E-state index contributed by atoms with van der Waals surface area (Å²) < 4.78 is 5.46. The second kappa shape index (κ2) is 8.42. The number of pyridine rings is 1. The molecule has 0 amide bonds. The van der Waals surface area contributed by atoms with Crippen molar-refractivity contribution in [1.29, 1.82) is 0 Å². The highest BCUT2D eigenvalue weighted by molar-refractivity contribution is 5.33.